The fourth-order valence-electron chi connectivity index (χ4n) is 2.44. The fourth-order valence-corrected chi connectivity index (χ4v) is 2.44. The number of benzene rings is 2. The molecule has 0 spiro atoms. The minimum atomic E-state index is -1.16. The summed E-state index contributed by atoms with van der Waals surface area (Å²) in [5, 5.41) is 26.8. The first kappa shape index (κ1) is 15.1. The van der Waals surface area contributed by atoms with Gasteiger partial charge < -0.3 is 10.2 Å². The Balaban J connectivity index is 2.24. The zero-order valence-electron chi connectivity index (χ0n) is 12.8. The first-order valence-corrected chi connectivity index (χ1v) is 7.17. The van der Waals surface area contributed by atoms with Crippen LogP contribution in [0, 0.1) is 0 Å². The van der Waals surface area contributed by atoms with Crippen molar-refractivity contribution in [3.05, 3.63) is 54.1 Å². The van der Waals surface area contributed by atoms with Gasteiger partial charge in [0, 0.05) is 5.39 Å². The number of para-hydroxylation sites is 1. The molecule has 3 aromatic rings. The molecule has 0 fully saturated rings. The number of amides is 1. The van der Waals surface area contributed by atoms with Crippen molar-refractivity contribution in [2.24, 2.45) is 0 Å². The highest BCUT2D eigenvalue weighted by molar-refractivity contribution is 5.98. The van der Waals surface area contributed by atoms with Crippen molar-refractivity contribution in [3.63, 3.8) is 0 Å². The van der Waals surface area contributed by atoms with Gasteiger partial charge in [0.1, 0.15) is 5.82 Å². The molecular formula is C17H17N3O3. The van der Waals surface area contributed by atoms with Crippen LogP contribution < -0.4 is 5.32 Å². The number of fused-ring (bicyclic) bond motifs is 1. The van der Waals surface area contributed by atoms with Crippen LogP contribution in [0.15, 0.2) is 48.5 Å². The van der Waals surface area contributed by atoms with E-state index in [4.69, 9.17) is 5.11 Å². The van der Waals surface area contributed by atoms with Crippen LogP contribution >= 0.6 is 0 Å². The second-order valence-electron chi connectivity index (χ2n) is 5.82. The van der Waals surface area contributed by atoms with Crippen LogP contribution in [0.3, 0.4) is 0 Å². The smallest absolute Gasteiger partial charge is 0.410 e. The van der Waals surface area contributed by atoms with Gasteiger partial charge >= 0.3 is 6.09 Å². The maximum absolute atomic E-state index is 11.1. The molecule has 1 aromatic heterocycles. The fraction of sp³-hybridized carbons (Fsp3) is 0.176. The standard InChI is InChI=1S/C17H17N3O3/c1-17(2,23)11-8-9-13-14(10-11)19-20(15(13)18-16(21)22)12-6-4-3-5-7-12/h3-10,18,23H,1-2H3,(H,21,22). The Morgan fingerprint density at radius 2 is 1.87 bits per heavy atom. The topological polar surface area (TPSA) is 87.4 Å². The molecule has 3 N–H and O–H groups in total. The van der Waals surface area contributed by atoms with E-state index in [1.165, 1.54) is 0 Å². The Kier molecular flexibility index (Phi) is 3.54. The lowest BCUT2D eigenvalue weighted by atomic mass is 9.97. The van der Waals surface area contributed by atoms with Gasteiger partial charge in [-0.25, -0.2) is 9.48 Å². The van der Waals surface area contributed by atoms with Crippen LogP contribution in [0.4, 0.5) is 10.6 Å². The highest BCUT2D eigenvalue weighted by Crippen LogP contribution is 2.30. The number of aliphatic hydroxyl groups is 1. The van der Waals surface area contributed by atoms with E-state index in [-0.39, 0.29) is 0 Å². The van der Waals surface area contributed by atoms with Gasteiger partial charge in [0.2, 0.25) is 0 Å². The molecule has 3 rings (SSSR count). The first-order chi connectivity index (χ1) is 10.9. The lowest BCUT2D eigenvalue weighted by Gasteiger charge is -2.17. The summed E-state index contributed by atoms with van der Waals surface area (Å²) >= 11 is 0. The predicted octanol–water partition coefficient (Wildman–Crippen LogP) is 3.34. The summed E-state index contributed by atoms with van der Waals surface area (Å²) in [6, 6.07) is 14.6. The molecule has 0 unspecified atom stereocenters. The number of hydrogen-bond donors (Lipinski definition) is 3. The summed E-state index contributed by atoms with van der Waals surface area (Å²) in [4.78, 5) is 11.1. The molecular weight excluding hydrogens is 294 g/mol. The number of nitrogens with one attached hydrogen (secondary N) is 1. The highest BCUT2D eigenvalue weighted by Gasteiger charge is 2.20. The summed E-state index contributed by atoms with van der Waals surface area (Å²) in [5.41, 5.74) is 1.07. The minimum absolute atomic E-state index is 0.376. The quantitative estimate of drug-likeness (QED) is 0.692. The summed E-state index contributed by atoms with van der Waals surface area (Å²) in [6.45, 7) is 3.39. The van der Waals surface area contributed by atoms with Crippen LogP contribution in [0.2, 0.25) is 0 Å². The molecule has 0 saturated heterocycles. The van der Waals surface area contributed by atoms with Crippen LogP contribution in [0.1, 0.15) is 19.4 Å². The third-order valence-corrected chi connectivity index (χ3v) is 3.60. The third kappa shape index (κ3) is 2.89. The number of aromatic nitrogens is 2. The van der Waals surface area contributed by atoms with Crippen molar-refractivity contribution in [1.82, 2.24) is 9.78 Å². The van der Waals surface area contributed by atoms with E-state index in [9.17, 15) is 9.90 Å². The van der Waals surface area contributed by atoms with E-state index in [1.54, 1.807) is 36.7 Å². The normalized spacial score (nSPS) is 11.6. The molecule has 0 atom stereocenters. The van der Waals surface area contributed by atoms with Crippen molar-refractivity contribution < 1.29 is 15.0 Å². The molecule has 0 aliphatic carbocycles. The molecule has 1 amide bonds. The highest BCUT2D eigenvalue weighted by atomic mass is 16.4. The molecule has 2 aromatic carbocycles. The SMILES string of the molecule is CC(C)(O)c1ccc2c(NC(=O)O)n(-c3ccccc3)nc2c1. The molecule has 118 valence electrons. The van der Waals surface area contributed by atoms with Crippen LogP contribution in [-0.2, 0) is 5.60 Å². The van der Waals surface area contributed by atoms with Crippen LogP contribution in [-0.4, -0.2) is 26.1 Å². The summed E-state index contributed by atoms with van der Waals surface area (Å²) in [6.07, 6.45) is -1.16. The maximum atomic E-state index is 11.1. The zero-order chi connectivity index (χ0) is 16.6. The first-order valence-electron chi connectivity index (χ1n) is 7.17. The zero-order valence-corrected chi connectivity index (χ0v) is 12.8. The number of carbonyl (C=O) groups is 1. The van der Waals surface area contributed by atoms with Gasteiger partial charge in [0.05, 0.1) is 16.8 Å². The average molecular weight is 311 g/mol. The lowest BCUT2D eigenvalue weighted by molar-refractivity contribution is 0.0787. The van der Waals surface area contributed by atoms with Crippen molar-refractivity contribution in [2.45, 2.75) is 19.4 Å². The summed E-state index contributed by atoms with van der Waals surface area (Å²) in [5.74, 6) is 0.376. The monoisotopic (exact) mass is 311 g/mol. The van der Waals surface area contributed by atoms with Crippen LogP contribution in [0.25, 0.3) is 16.6 Å². The molecule has 0 aliphatic rings. The maximum Gasteiger partial charge on any atom is 0.410 e. The minimum Gasteiger partial charge on any atom is -0.465 e. The van der Waals surface area contributed by atoms with E-state index in [1.807, 2.05) is 30.3 Å². The number of carboxylic acid groups (broad SMARTS) is 1. The average Bonchev–Trinajstić information content (AvgIpc) is 2.85. The van der Waals surface area contributed by atoms with E-state index in [0.29, 0.717) is 22.3 Å². The second-order valence-corrected chi connectivity index (χ2v) is 5.82. The number of nitrogens with zero attached hydrogens (tertiary/aromatic N) is 2. The molecule has 0 bridgehead atoms. The predicted molar refractivity (Wildman–Crippen MR) is 88.0 cm³/mol. The molecule has 0 aliphatic heterocycles. The van der Waals surface area contributed by atoms with Gasteiger partial charge in [-0.05, 0) is 43.7 Å². The summed E-state index contributed by atoms with van der Waals surface area (Å²) < 4.78 is 1.55. The molecule has 1 heterocycles. The van der Waals surface area contributed by atoms with Gasteiger partial charge in [0.25, 0.3) is 0 Å². The van der Waals surface area contributed by atoms with E-state index in [0.717, 1.165) is 5.69 Å². The largest absolute Gasteiger partial charge is 0.465 e. The van der Waals surface area contributed by atoms with Crippen LogP contribution in [0.5, 0.6) is 0 Å². The number of rotatable bonds is 3. The molecule has 6 nitrogen and oxygen atoms in total. The molecule has 0 saturated carbocycles. The van der Waals surface area contributed by atoms with Crippen molar-refractivity contribution >= 4 is 22.8 Å². The van der Waals surface area contributed by atoms with Crippen molar-refractivity contribution in [1.29, 1.82) is 0 Å². The van der Waals surface area contributed by atoms with E-state index in [2.05, 4.69) is 10.4 Å². The van der Waals surface area contributed by atoms with Crippen molar-refractivity contribution in [3.8, 4) is 5.69 Å². The van der Waals surface area contributed by atoms with E-state index >= 15 is 0 Å². The summed E-state index contributed by atoms with van der Waals surface area (Å²) in [7, 11) is 0. The van der Waals surface area contributed by atoms with Gasteiger partial charge in [-0.2, -0.15) is 5.10 Å². The number of hydrogen-bond acceptors (Lipinski definition) is 3. The van der Waals surface area contributed by atoms with Crippen molar-refractivity contribution in [2.75, 3.05) is 5.32 Å². The van der Waals surface area contributed by atoms with Gasteiger partial charge in [-0.15, -0.1) is 0 Å². The molecule has 23 heavy (non-hydrogen) atoms. The van der Waals surface area contributed by atoms with Gasteiger partial charge in [0.15, 0.2) is 0 Å². The molecule has 6 heteroatoms. The Bertz CT molecular complexity index is 864. The lowest BCUT2D eigenvalue weighted by Crippen LogP contribution is -2.15. The molecule has 0 radical (unpaired) electrons. The third-order valence-electron chi connectivity index (χ3n) is 3.60. The second kappa shape index (κ2) is 5.40. The number of anilines is 1. The Morgan fingerprint density at radius 1 is 1.17 bits per heavy atom. The van der Waals surface area contributed by atoms with E-state index < -0.39 is 11.7 Å². The Hall–Kier alpha value is -2.86. The Morgan fingerprint density at radius 3 is 2.48 bits per heavy atom. The van der Waals surface area contributed by atoms with Gasteiger partial charge in [-0.1, -0.05) is 24.3 Å². The van der Waals surface area contributed by atoms with Gasteiger partial charge in [-0.3, -0.25) is 5.32 Å². The Labute approximate surface area is 133 Å².